The van der Waals surface area contributed by atoms with Gasteiger partial charge in [-0.2, -0.15) is 5.10 Å². The van der Waals surface area contributed by atoms with E-state index in [0.29, 0.717) is 12.3 Å². The summed E-state index contributed by atoms with van der Waals surface area (Å²) in [5.74, 6) is 1.65. The number of amides is 1. The number of likely N-dealkylation sites (N-methyl/N-ethyl adjacent to an activating group) is 1. The molecular formula is C18H27N5O2. The van der Waals surface area contributed by atoms with Crippen LogP contribution >= 0.6 is 0 Å². The molecule has 0 aliphatic heterocycles. The van der Waals surface area contributed by atoms with Crippen LogP contribution in [0.3, 0.4) is 0 Å². The predicted molar refractivity (Wildman–Crippen MR) is 98.8 cm³/mol. The lowest BCUT2D eigenvalue weighted by atomic mass is 10.2. The number of rotatable bonds is 8. The lowest BCUT2D eigenvalue weighted by Crippen LogP contribution is -2.24. The summed E-state index contributed by atoms with van der Waals surface area (Å²) >= 11 is 0. The van der Waals surface area contributed by atoms with Gasteiger partial charge >= 0.3 is 0 Å². The average Bonchev–Trinajstić information content (AvgIpc) is 2.86. The van der Waals surface area contributed by atoms with Gasteiger partial charge in [0.1, 0.15) is 11.6 Å². The largest absolute Gasteiger partial charge is 0.484 e. The van der Waals surface area contributed by atoms with E-state index >= 15 is 0 Å². The highest BCUT2D eigenvalue weighted by Crippen LogP contribution is 2.21. The highest BCUT2D eigenvalue weighted by atomic mass is 16.5. The summed E-state index contributed by atoms with van der Waals surface area (Å²) in [7, 11) is 7.59. The van der Waals surface area contributed by atoms with E-state index in [1.807, 2.05) is 57.0 Å². The number of aromatic nitrogens is 2. The van der Waals surface area contributed by atoms with Crippen molar-refractivity contribution in [2.75, 3.05) is 32.6 Å². The minimum absolute atomic E-state index is 0.0223. The number of carbonyl (C=O) groups excluding carboxylic acids is 1. The molecule has 0 spiro atoms. The summed E-state index contributed by atoms with van der Waals surface area (Å²) in [5.41, 5.74) is 3.32. The Bertz CT molecular complexity index is 724. The quantitative estimate of drug-likeness (QED) is 0.752. The molecule has 1 amide bonds. The number of nitrogens with one attached hydrogen (secondary N) is 2. The van der Waals surface area contributed by atoms with Crippen LogP contribution in [0.1, 0.15) is 16.8 Å². The second-order valence-corrected chi connectivity index (χ2v) is 6.12. The summed E-state index contributed by atoms with van der Waals surface area (Å²) in [6.07, 6.45) is 0. The van der Waals surface area contributed by atoms with Crippen molar-refractivity contribution in [3.63, 3.8) is 0 Å². The van der Waals surface area contributed by atoms with E-state index in [-0.39, 0.29) is 12.5 Å². The lowest BCUT2D eigenvalue weighted by molar-refractivity contribution is -0.122. The smallest absolute Gasteiger partial charge is 0.257 e. The highest BCUT2D eigenvalue weighted by molar-refractivity contribution is 5.77. The van der Waals surface area contributed by atoms with Crippen LogP contribution in [0, 0.1) is 6.92 Å². The minimum atomic E-state index is -0.146. The van der Waals surface area contributed by atoms with E-state index in [4.69, 9.17) is 4.74 Å². The molecular weight excluding hydrogens is 318 g/mol. The third-order valence-corrected chi connectivity index (χ3v) is 3.91. The van der Waals surface area contributed by atoms with E-state index < -0.39 is 0 Å². The molecule has 2 rings (SSSR count). The first-order chi connectivity index (χ1) is 11.9. The van der Waals surface area contributed by atoms with Gasteiger partial charge in [-0.1, -0.05) is 12.1 Å². The van der Waals surface area contributed by atoms with Crippen molar-refractivity contribution in [1.82, 2.24) is 20.4 Å². The Kier molecular flexibility index (Phi) is 6.41. The van der Waals surface area contributed by atoms with Gasteiger partial charge in [0.15, 0.2) is 6.61 Å². The molecule has 0 radical (unpaired) electrons. The van der Waals surface area contributed by atoms with Crippen molar-refractivity contribution in [2.45, 2.75) is 20.0 Å². The molecule has 2 aromatic rings. The summed E-state index contributed by atoms with van der Waals surface area (Å²) in [6, 6.07) is 7.75. The fraction of sp³-hybridized carbons (Fsp3) is 0.444. The number of benzene rings is 1. The molecule has 0 unspecified atom stereocenters. The summed E-state index contributed by atoms with van der Waals surface area (Å²) in [6.45, 7) is 3.49. The topological polar surface area (TPSA) is 71.4 Å². The standard InChI is InChI=1S/C18H27N5O2/c1-13-16(18(22(3)4)23(5)21-13)11-20-10-14-7-6-8-15(9-14)25-12-17(24)19-2/h6-9,20H,10-12H2,1-5H3,(H,19,24). The molecule has 7 heteroatoms. The lowest BCUT2D eigenvalue weighted by Gasteiger charge is -2.16. The van der Waals surface area contributed by atoms with Crippen molar-refractivity contribution in [2.24, 2.45) is 7.05 Å². The van der Waals surface area contributed by atoms with Crippen molar-refractivity contribution >= 4 is 11.7 Å². The zero-order valence-corrected chi connectivity index (χ0v) is 15.6. The average molecular weight is 345 g/mol. The number of ether oxygens (including phenoxy) is 1. The third kappa shape index (κ3) is 4.96. The van der Waals surface area contributed by atoms with Crippen molar-refractivity contribution in [1.29, 1.82) is 0 Å². The summed E-state index contributed by atoms with van der Waals surface area (Å²) in [5, 5.41) is 10.5. The fourth-order valence-corrected chi connectivity index (χ4v) is 2.75. The molecule has 0 atom stereocenters. The number of hydrogen-bond donors (Lipinski definition) is 2. The Morgan fingerprint density at radius 2 is 2.08 bits per heavy atom. The molecule has 2 N–H and O–H groups in total. The van der Waals surface area contributed by atoms with Gasteiger partial charge in [-0.05, 0) is 24.6 Å². The number of hydrogen-bond acceptors (Lipinski definition) is 5. The van der Waals surface area contributed by atoms with Crippen LogP contribution in [0.5, 0.6) is 5.75 Å². The SMILES string of the molecule is CNC(=O)COc1cccc(CNCc2c(C)nn(C)c2N(C)C)c1. The first kappa shape index (κ1) is 18.8. The fourth-order valence-electron chi connectivity index (χ4n) is 2.75. The highest BCUT2D eigenvalue weighted by Gasteiger charge is 2.14. The Morgan fingerprint density at radius 1 is 1.32 bits per heavy atom. The number of nitrogens with zero attached hydrogens (tertiary/aromatic N) is 3. The molecule has 25 heavy (non-hydrogen) atoms. The van der Waals surface area contributed by atoms with Gasteiger partial charge in [0, 0.05) is 46.8 Å². The van der Waals surface area contributed by atoms with Crippen LogP contribution in [0.25, 0.3) is 0 Å². The van der Waals surface area contributed by atoms with Crippen LogP contribution in [-0.2, 0) is 24.9 Å². The van der Waals surface area contributed by atoms with E-state index in [1.54, 1.807) is 7.05 Å². The third-order valence-electron chi connectivity index (χ3n) is 3.91. The Labute approximate surface area is 149 Å². The Hall–Kier alpha value is -2.54. The second kappa shape index (κ2) is 8.53. The molecule has 1 aromatic heterocycles. The van der Waals surface area contributed by atoms with Crippen LogP contribution < -0.4 is 20.3 Å². The maximum atomic E-state index is 11.3. The van der Waals surface area contributed by atoms with E-state index in [0.717, 1.165) is 23.6 Å². The maximum Gasteiger partial charge on any atom is 0.257 e. The van der Waals surface area contributed by atoms with Gasteiger partial charge in [0.2, 0.25) is 0 Å². The summed E-state index contributed by atoms with van der Waals surface area (Å²) in [4.78, 5) is 13.3. The molecule has 0 saturated carbocycles. The first-order valence-corrected chi connectivity index (χ1v) is 8.25. The molecule has 136 valence electrons. The predicted octanol–water partition coefficient (Wildman–Crippen LogP) is 1.21. The Morgan fingerprint density at radius 3 is 2.76 bits per heavy atom. The van der Waals surface area contributed by atoms with Gasteiger partial charge in [-0.3, -0.25) is 9.48 Å². The van der Waals surface area contributed by atoms with Crippen LogP contribution in [0.15, 0.2) is 24.3 Å². The van der Waals surface area contributed by atoms with Crippen molar-refractivity contribution < 1.29 is 9.53 Å². The van der Waals surface area contributed by atoms with Crippen LogP contribution in [-0.4, -0.2) is 43.4 Å². The molecule has 0 aliphatic carbocycles. The van der Waals surface area contributed by atoms with Gasteiger partial charge in [0.05, 0.1) is 5.69 Å². The zero-order chi connectivity index (χ0) is 18.4. The molecule has 0 fully saturated rings. The molecule has 0 bridgehead atoms. The van der Waals surface area contributed by atoms with Crippen LogP contribution in [0.4, 0.5) is 5.82 Å². The first-order valence-electron chi connectivity index (χ1n) is 8.25. The van der Waals surface area contributed by atoms with Gasteiger partial charge in [-0.15, -0.1) is 0 Å². The van der Waals surface area contributed by atoms with Gasteiger partial charge in [-0.25, -0.2) is 0 Å². The van der Waals surface area contributed by atoms with Crippen molar-refractivity contribution in [3.8, 4) is 5.75 Å². The number of anilines is 1. The van der Waals surface area contributed by atoms with Gasteiger partial charge in [0.25, 0.3) is 5.91 Å². The second-order valence-electron chi connectivity index (χ2n) is 6.12. The van der Waals surface area contributed by atoms with E-state index in [2.05, 4.69) is 20.6 Å². The molecule has 1 aromatic carbocycles. The summed E-state index contributed by atoms with van der Waals surface area (Å²) < 4.78 is 7.38. The number of aryl methyl sites for hydroxylation is 2. The van der Waals surface area contributed by atoms with E-state index in [9.17, 15) is 4.79 Å². The Balaban J connectivity index is 1.95. The molecule has 0 aliphatic rings. The van der Waals surface area contributed by atoms with E-state index in [1.165, 1.54) is 5.56 Å². The maximum absolute atomic E-state index is 11.3. The zero-order valence-electron chi connectivity index (χ0n) is 15.6. The number of carbonyl (C=O) groups is 1. The molecule has 1 heterocycles. The van der Waals surface area contributed by atoms with Crippen LogP contribution in [0.2, 0.25) is 0 Å². The minimum Gasteiger partial charge on any atom is -0.484 e. The van der Waals surface area contributed by atoms with Crippen molar-refractivity contribution in [3.05, 3.63) is 41.1 Å². The monoisotopic (exact) mass is 345 g/mol. The van der Waals surface area contributed by atoms with Gasteiger partial charge < -0.3 is 20.3 Å². The normalized spacial score (nSPS) is 10.6. The molecule has 7 nitrogen and oxygen atoms in total. The molecule has 0 saturated heterocycles.